The van der Waals surface area contributed by atoms with Crippen LogP contribution in [0.15, 0.2) is 29.1 Å². The van der Waals surface area contributed by atoms with Crippen molar-refractivity contribution in [3.8, 4) is 0 Å². The highest BCUT2D eigenvalue weighted by Gasteiger charge is 2.28. The lowest BCUT2D eigenvalue weighted by atomic mass is 10.3. The molecule has 0 radical (unpaired) electrons. The summed E-state index contributed by atoms with van der Waals surface area (Å²) in [4.78, 5) is 25.1. The number of pyridine rings is 1. The molecule has 1 aliphatic heterocycles. The molecule has 0 unspecified atom stereocenters. The van der Waals surface area contributed by atoms with Crippen LogP contribution >= 0.6 is 15.9 Å². The first-order valence-electron chi connectivity index (χ1n) is 6.86. The molecule has 10 heteroatoms. The topological polar surface area (TPSA) is 106 Å². The van der Waals surface area contributed by atoms with Crippen LogP contribution in [0.3, 0.4) is 0 Å². The fourth-order valence-corrected chi connectivity index (χ4v) is 2.44. The molecule has 0 spiro atoms. The highest BCUT2D eigenvalue weighted by atomic mass is 79.9. The summed E-state index contributed by atoms with van der Waals surface area (Å²) in [6.45, 7) is 2.12. The van der Waals surface area contributed by atoms with Gasteiger partial charge >= 0.3 is 5.69 Å². The Kier molecular flexibility index (Phi) is 4.63. The number of nitrogens with one attached hydrogen (secondary N) is 1. The van der Waals surface area contributed by atoms with Gasteiger partial charge in [-0.2, -0.15) is 0 Å². The van der Waals surface area contributed by atoms with Gasteiger partial charge < -0.3 is 15.0 Å². The highest BCUT2D eigenvalue weighted by Crippen LogP contribution is 2.33. The van der Waals surface area contributed by atoms with Gasteiger partial charge in [0.05, 0.1) is 18.1 Å². The summed E-state index contributed by atoms with van der Waals surface area (Å²) in [7, 11) is 0. The summed E-state index contributed by atoms with van der Waals surface area (Å²) < 4.78 is 6.09. The van der Waals surface area contributed by atoms with Crippen LogP contribution < -0.4 is 10.2 Å². The molecule has 1 N–H and O–H groups in total. The number of anilines is 3. The highest BCUT2D eigenvalue weighted by molar-refractivity contribution is 9.10. The summed E-state index contributed by atoms with van der Waals surface area (Å²) in [5.74, 6) is 0.858. The maximum Gasteiger partial charge on any atom is 0.353 e. The van der Waals surface area contributed by atoms with E-state index in [1.807, 2.05) is 4.90 Å². The molecule has 120 valence electrons. The third-order valence-corrected chi connectivity index (χ3v) is 3.74. The fourth-order valence-electron chi connectivity index (χ4n) is 2.21. The van der Waals surface area contributed by atoms with E-state index < -0.39 is 4.92 Å². The number of aromatic nitrogens is 3. The number of morpholine rings is 1. The average Bonchev–Trinajstić information content (AvgIpc) is 2.57. The van der Waals surface area contributed by atoms with Crippen LogP contribution in [0.4, 0.5) is 23.1 Å². The van der Waals surface area contributed by atoms with Crippen molar-refractivity contribution in [1.29, 1.82) is 0 Å². The molecule has 3 rings (SSSR count). The summed E-state index contributed by atoms with van der Waals surface area (Å²) in [5.41, 5.74) is -0.167. The minimum absolute atomic E-state index is 0.112. The molecule has 23 heavy (non-hydrogen) atoms. The SMILES string of the molecule is O=[N+]([O-])c1c(Nc2ccc(Br)cn2)ncnc1N1CCOCC1. The molecule has 2 aromatic rings. The van der Waals surface area contributed by atoms with Crippen molar-refractivity contribution in [2.45, 2.75) is 0 Å². The predicted molar refractivity (Wildman–Crippen MR) is 86.9 cm³/mol. The van der Waals surface area contributed by atoms with E-state index in [2.05, 4.69) is 36.2 Å². The number of hydrogen-bond donors (Lipinski definition) is 1. The molecule has 1 saturated heterocycles. The van der Waals surface area contributed by atoms with Crippen molar-refractivity contribution in [3.05, 3.63) is 39.2 Å². The van der Waals surface area contributed by atoms with Crippen molar-refractivity contribution in [2.24, 2.45) is 0 Å². The smallest absolute Gasteiger partial charge is 0.353 e. The lowest BCUT2D eigenvalue weighted by molar-refractivity contribution is -0.383. The lowest BCUT2D eigenvalue weighted by Crippen LogP contribution is -2.37. The van der Waals surface area contributed by atoms with Gasteiger partial charge in [-0.05, 0) is 28.1 Å². The number of hydrogen-bond acceptors (Lipinski definition) is 8. The number of rotatable bonds is 4. The summed E-state index contributed by atoms with van der Waals surface area (Å²) in [5, 5.41) is 14.4. The first-order chi connectivity index (χ1) is 11.1. The standard InChI is InChI=1S/C13H13BrN6O3/c14-9-1-2-10(15-7-9)18-12-11(20(21)22)13(17-8-16-12)19-3-5-23-6-4-19/h1-2,7-8H,3-6H2,(H,15,16,17,18). The van der Waals surface area contributed by atoms with Crippen LogP contribution in [0.2, 0.25) is 0 Å². The largest absolute Gasteiger partial charge is 0.378 e. The first kappa shape index (κ1) is 15.6. The van der Waals surface area contributed by atoms with Crippen LogP contribution in [-0.2, 0) is 4.74 Å². The van der Waals surface area contributed by atoms with Gasteiger partial charge in [0, 0.05) is 23.8 Å². The Morgan fingerprint density at radius 1 is 1.26 bits per heavy atom. The predicted octanol–water partition coefficient (Wildman–Crippen LogP) is 2.12. The second-order valence-electron chi connectivity index (χ2n) is 4.74. The van der Waals surface area contributed by atoms with Crippen LogP contribution in [-0.4, -0.2) is 46.2 Å². The maximum atomic E-state index is 11.5. The van der Waals surface area contributed by atoms with Gasteiger partial charge in [0.2, 0.25) is 11.6 Å². The molecule has 0 amide bonds. The molecule has 0 aromatic carbocycles. The van der Waals surface area contributed by atoms with E-state index in [4.69, 9.17) is 4.74 Å². The van der Waals surface area contributed by atoms with E-state index >= 15 is 0 Å². The average molecular weight is 381 g/mol. The Morgan fingerprint density at radius 3 is 2.70 bits per heavy atom. The Morgan fingerprint density at radius 2 is 2.04 bits per heavy atom. The molecular weight excluding hydrogens is 368 g/mol. The molecule has 0 saturated carbocycles. The van der Waals surface area contributed by atoms with Crippen LogP contribution in [0.5, 0.6) is 0 Å². The van der Waals surface area contributed by atoms with Gasteiger partial charge in [0.1, 0.15) is 12.1 Å². The quantitative estimate of drug-likeness (QED) is 0.634. The summed E-state index contributed by atoms with van der Waals surface area (Å²) in [6.07, 6.45) is 2.90. The summed E-state index contributed by atoms with van der Waals surface area (Å²) >= 11 is 3.29. The fraction of sp³-hybridized carbons (Fsp3) is 0.308. The molecule has 1 aliphatic rings. The van der Waals surface area contributed by atoms with Gasteiger partial charge in [-0.1, -0.05) is 0 Å². The van der Waals surface area contributed by atoms with Crippen molar-refractivity contribution < 1.29 is 9.66 Å². The van der Waals surface area contributed by atoms with Crippen molar-refractivity contribution in [1.82, 2.24) is 15.0 Å². The monoisotopic (exact) mass is 380 g/mol. The Hall–Kier alpha value is -2.33. The van der Waals surface area contributed by atoms with Crippen LogP contribution in [0, 0.1) is 10.1 Å². The third-order valence-electron chi connectivity index (χ3n) is 3.27. The number of nitro groups is 1. The van der Waals surface area contributed by atoms with E-state index in [1.54, 1.807) is 18.3 Å². The van der Waals surface area contributed by atoms with Gasteiger partial charge in [-0.15, -0.1) is 0 Å². The molecule has 0 atom stereocenters. The molecule has 9 nitrogen and oxygen atoms in total. The molecular formula is C13H13BrN6O3. The van der Waals surface area contributed by atoms with Crippen LogP contribution in [0.1, 0.15) is 0 Å². The zero-order chi connectivity index (χ0) is 16.2. The Bertz CT molecular complexity index is 705. The molecule has 0 aliphatic carbocycles. The second-order valence-corrected chi connectivity index (χ2v) is 5.65. The second kappa shape index (κ2) is 6.84. The van der Waals surface area contributed by atoms with Gasteiger partial charge in [0.25, 0.3) is 0 Å². The Balaban J connectivity index is 1.95. The normalized spacial score (nSPS) is 14.6. The molecule has 3 heterocycles. The van der Waals surface area contributed by atoms with Crippen molar-refractivity contribution in [3.63, 3.8) is 0 Å². The van der Waals surface area contributed by atoms with E-state index in [0.29, 0.717) is 32.1 Å². The molecule has 0 bridgehead atoms. The third kappa shape index (κ3) is 3.54. The Labute approximate surface area is 140 Å². The van der Waals surface area contributed by atoms with Crippen LogP contribution in [0.25, 0.3) is 0 Å². The number of halogens is 1. The molecule has 1 fully saturated rings. The lowest BCUT2D eigenvalue weighted by Gasteiger charge is -2.27. The van der Waals surface area contributed by atoms with E-state index in [0.717, 1.165) is 4.47 Å². The minimum atomic E-state index is -0.480. The molecule has 2 aromatic heterocycles. The zero-order valence-corrected chi connectivity index (χ0v) is 13.6. The van der Waals surface area contributed by atoms with Crippen molar-refractivity contribution in [2.75, 3.05) is 36.5 Å². The van der Waals surface area contributed by atoms with E-state index in [9.17, 15) is 10.1 Å². The van der Waals surface area contributed by atoms with Gasteiger partial charge in [-0.25, -0.2) is 15.0 Å². The summed E-state index contributed by atoms with van der Waals surface area (Å²) in [6, 6.07) is 3.48. The number of nitrogens with zero attached hydrogens (tertiary/aromatic N) is 5. The maximum absolute atomic E-state index is 11.5. The van der Waals surface area contributed by atoms with Gasteiger partial charge in [0.15, 0.2) is 0 Å². The van der Waals surface area contributed by atoms with Gasteiger partial charge in [-0.3, -0.25) is 10.1 Å². The first-order valence-corrected chi connectivity index (χ1v) is 7.65. The van der Waals surface area contributed by atoms with E-state index in [1.165, 1.54) is 6.33 Å². The zero-order valence-electron chi connectivity index (χ0n) is 12.0. The minimum Gasteiger partial charge on any atom is -0.378 e. The van der Waals surface area contributed by atoms with E-state index in [-0.39, 0.29) is 17.3 Å². The number of ether oxygens (including phenoxy) is 1. The van der Waals surface area contributed by atoms with Crippen molar-refractivity contribution >= 4 is 39.1 Å².